The smallest absolute Gasteiger partial charge is 0.327 e. The summed E-state index contributed by atoms with van der Waals surface area (Å²) in [5.41, 5.74) is 1.59. The van der Waals surface area contributed by atoms with Crippen molar-refractivity contribution in [2.24, 2.45) is 7.05 Å². The molecule has 3 aromatic heterocycles. The molecule has 23 heavy (non-hydrogen) atoms. The highest BCUT2D eigenvalue weighted by Crippen LogP contribution is 2.24. The molecule has 4 rings (SSSR count). The molecule has 3 aromatic rings. The fraction of sp³-hybridized carbons (Fsp3) is 0.333. The number of hydrogen-bond donors (Lipinski definition) is 1. The number of hydrogen-bond acceptors (Lipinski definition) is 4. The Morgan fingerprint density at radius 2 is 2.26 bits per heavy atom. The molecule has 8 heteroatoms. The Bertz CT molecular complexity index is 937. The van der Waals surface area contributed by atoms with E-state index >= 15 is 0 Å². The van der Waals surface area contributed by atoms with Gasteiger partial charge in [0, 0.05) is 32.5 Å². The molecule has 0 saturated carbocycles. The Morgan fingerprint density at radius 3 is 3.04 bits per heavy atom. The third-order valence-electron chi connectivity index (χ3n) is 4.22. The predicted octanol–water partition coefficient (Wildman–Crippen LogP) is 0.545. The van der Waals surface area contributed by atoms with Crippen LogP contribution in [0.25, 0.3) is 11.2 Å². The number of carbonyl (C=O) groups is 1. The lowest BCUT2D eigenvalue weighted by atomic mass is 10.2. The molecule has 1 aliphatic heterocycles. The molecule has 1 aliphatic rings. The molecular weight excluding hydrogens is 296 g/mol. The number of imidazole rings is 1. The van der Waals surface area contributed by atoms with E-state index in [-0.39, 0.29) is 17.6 Å². The van der Waals surface area contributed by atoms with Crippen molar-refractivity contribution < 1.29 is 4.79 Å². The number of carbonyl (C=O) groups excluding carboxylic acids is 1. The van der Waals surface area contributed by atoms with Crippen molar-refractivity contribution in [1.29, 1.82) is 0 Å². The number of aromatic amines is 1. The standard InChI is InChI=1S/C15H16N6O2/c1-19-7-5-12(18-19)14(22)20-8-4-10(9-20)21-13-11(17-15(21)23)3-2-6-16-13/h2-3,5-7,10H,4,8-9H2,1H3,(H,17,23)/t10-/m1/s1. The van der Waals surface area contributed by atoms with Crippen LogP contribution >= 0.6 is 0 Å². The topological polar surface area (TPSA) is 88.8 Å². The zero-order chi connectivity index (χ0) is 16.0. The number of aromatic nitrogens is 5. The largest absolute Gasteiger partial charge is 0.335 e. The summed E-state index contributed by atoms with van der Waals surface area (Å²) in [6, 6.07) is 5.24. The number of nitrogens with one attached hydrogen (secondary N) is 1. The Morgan fingerprint density at radius 1 is 1.39 bits per heavy atom. The van der Waals surface area contributed by atoms with Crippen LogP contribution in [-0.4, -0.2) is 48.2 Å². The van der Waals surface area contributed by atoms with Crippen molar-refractivity contribution in [2.75, 3.05) is 13.1 Å². The summed E-state index contributed by atoms with van der Waals surface area (Å²) >= 11 is 0. The fourth-order valence-electron chi connectivity index (χ4n) is 3.13. The SMILES string of the molecule is Cn1ccc(C(=O)N2CC[C@@H](n3c(=O)[nH]c4cccnc43)C2)n1. The molecule has 1 N–H and O–H groups in total. The maximum Gasteiger partial charge on any atom is 0.327 e. The van der Waals surface area contributed by atoms with Gasteiger partial charge in [-0.1, -0.05) is 0 Å². The van der Waals surface area contributed by atoms with E-state index in [4.69, 9.17) is 0 Å². The van der Waals surface area contributed by atoms with Crippen LogP contribution in [0, 0.1) is 0 Å². The molecule has 4 heterocycles. The van der Waals surface area contributed by atoms with E-state index in [2.05, 4.69) is 15.1 Å². The fourth-order valence-corrected chi connectivity index (χ4v) is 3.13. The number of H-pyrrole nitrogens is 1. The molecule has 1 amide bonds. The van der Waals surface area contributed by atoms with E-state index in [9.17, 15) is 9.59 Å². The van der Waals surface area contributed by atoms with E-state index in [0.717, 1.165) is 6.42 Å². The molecule has 0 unspecified atom stereocenters. The lowest BCUT2D eigenvalue weighted by Gasteiger charge is -2.15. The van der Waals surface area contributed by atoms with Gasteiger partial charge in [0.25, 0.3) is 5.91 Å². The molecule has 118 valence electrons. The number of amides is 1. The Kier molecular flexibility index (Phi) is 3.03. The minimum absolute atomic E-state index is 0.0705. The zero-order valence-corrected chi connectivity index (χ0v) is 12.6. The van der Waals surface area contributed by atoms with Gasteiger partial charge in [0.1, 0.15) is 5.69 Å². The van der Waals surface area contributed by atoms with Crippen molar-refractivity contribution in [2.45, 2.75) is 12.5 Å². The summed E-state index contributed by atoms with van der Waals surface area (Å²) < 4.78 is 3.26. The van der Waals surface area contributed by atoms with Gasteiger partial charge in [-0.2, -0.15) is 5.10 Å². The van der Waals surface area contributed by atoms with Gasteiger partial charge >= 0.3 is 5.69 Å². The summed E-state index contributed by atoms with van der Waals surface area (Å²) in [6.07, 6.45) is 4.13. The van der Waals surface area contributed by atoms with Crippen LogP contribution in [0.1, 0.15) is 23.0 Å². The van der Waals surface area contributed by atoms with Gasteiger partial charge in [0.15, 0.2) is 5.65 Å². The second-order valence-electron chi connectivity index (χ2n) is 5.74. The van der Waals surface area contributed by atoms with E-state index in [0.29, 0.717) is 29.9 Å². The lowest BCUT2D eigenvalue weighted by Crippen LogP contribution is -2.31. The summed E-state index contributed by atoms with van der Waals surface area (Å²) in [5, 5.41) is 4.15. The minimum Gasteiger partial charge on any atom is -0.335 e. The maximum absolute atomic E-state index is 12.5. The van der Waals surface area contributed by atoms with Crippen molar-refractivity contribution in [3.63, 3.8) is 0 Å². The number of rotatable bonds is 2. The van der Waals surface area contributed by atoms with Crippen molar-refractivity contribution >= 4 is 17.1 Å². The van der Waals surface area contributed by atoms with Gasteiger partial charge in [-0.25, -0.2) is 9.78 Å². The van der Waals surface area contributed by atoms with Gasteiger partial charge in [0.2, 0.25) is 0 Å². The van der Waals surface area contributed by atoms with Gasteiger partial charge in [0.05, 0.1) is 11.6 Å². The third-order valence-corrected chi connectivity index (χ3v) is 4.22. The summed E-state index contributed by atoms with van der Waals surface area (Å²) in [7, 11) is 1.78. The second kappa shape index (κ2) is 5.08. The maximum atomic E-state index is 12.5. The van der Waals surface area contributed by atoms with Crippen LogP contribution in [0.2, 0.25) is 0 Å². The van der Waals surface area contributed by atoms with Gasteiger partial charge in [-0.3, -0.25) is 14.0 Å². The predicted molar refractivity (Wildman–Crippen MR) is 83.1 cm³/mol. The van der Waals surface area contributed by atoms with Crippen molar-refractivity contribution in [3.05, 3.63) is 46.8 Å². The normalized spacial score (nSPS) is 18.0. The second-order valence-corrected chi connectivity index (χ2v) is 5.74. The summed E-state index contributed by atoms with van der Waals surface area (Å²) in [4.78, 5) is 33.5. The highest BCUT2D eigenvalue weighted by molar-refractivity contribution is 5.92. The van der Waals surface area contributed by atoms with E-state index in [1.165, 1.54) is 0 Å². The quantitative estimate of drug-likeness (QED) is 0.748. The van der Waals surface area contributed by atoms with Crippen LogP contribution in [0.5, 0.6) is 0 Å². The van der Waals surface area contributed by atoms with Crippen molar-refractivity contribution in [1.82, 2.24) is 29.2 Å². The number of nitrogens with zero attached hydrogens (tertiary/aromatic N) is 5. The molecule has 0 radical (unpaired) electrons. The first kappa shape index (κ1) is 13.7. The Balaban J connectivity index is 1.62. The van der Waals surface area contributed by atoms with Gasteiger partial charge < -0.3 is 9.88 Å². The number of fused-ring (bicyclic) bond motifs is 1. The monoisotopic (exact) mass is 312 g/mol. The minimum atomic E-state index is -0.184. The van der Waals surface area contributed by atoms with Crippen LogP contribution in [-0.2, 0) is 7.05 Å². The first-order valence-corrected chi connectivity index (χ1v) is 7.47. The molecule has 0 aromatic carbocycles. The molecule has 1 fully saturated rings. The molecule has 0 spiro atoms. The number of likely N-dealkylation sites (tertiary alicyclic amines) is 1. The van der Waals surface area contributed by atoms with Crippen LogP contribution < -0.4 is 5.69 Å². The van der Waals surface area contributed by atoms with Gasteiger partial charge in [-0.15, -0.1) is 0 Å². The number of aryl methyl sites for hydroxylation is 1. The molecule has 1 atom stereocenters. The Labute approximate surface area is 131 Å². The summed E-state index contributed by atoms with van der Waals surface area (Å²) in [5.74, 6) is -0.103. The first-order chi connectivity index (χ1) is 11.1. The van der Waals surface area contributed by atoms with E-state index in [1.54, 1.807) is 45.7 Å². The zero-order valence-electron chi connectivity index (χ0n) is 12.6. The van der Waals surface area contributed by atoms with Crippen LogP contribution in [0.15, 0.2) is 35.4 Å². The average molecular weight is 312 g/mol. The molecule has 0 bridgehead atoms. The average Bonchev–Trinajstić information content (AvgIpc) is 3.23. The van der Waals surface area contributed by atoms with Crippen molar-refractivity contribution in [3.8, 4) is 0 Å². The molecule has 8 nitrogen and oxygen atoms in total. The third kappa shape index (κ3) is 2.23. The van der Waals surface area contributed by atoms with Crippen LogP contribution in [0.3, 0.4) is 0 Å². The summed E-state index contributed by atoms with van der Waals surface area (Å²) in [6.45, 7) is 1.09. The first-order valence-electron chi connectivity index (χ1n) is 7.47. The highest BCUT2D eigenvalue weighted by atomic mass is 16.2. The Hall–Kier alpha value is -2.90. The number of pyridine rings is 1. The van der Waals surface area contributed by atoms with Crippen LogP contribution in [0.4, 0.5) is 0 Å². The van der Waals surface area contributed by atoms with E-state index in [1.807, 2.05) is 6.07 Å². The van der Waals surface area contributed by atoms with Gasteiger partial charge in [-0.05, 0) is 24.6 Å². The highest BCUT2D eigenvalue weighted by Gasteiger charge is 2.31. The van der Waals surface area contributed by atoms with E-state index < -0.39 is 0 Å². The lowest BCUT2D eigenvalue weighted by molar-refractivity contribution is 0.0781. The molecule has 0 aliphatic carbocycles. The molecule has 1 saturated heterocycles. The molecular formula is C15H16N6O2.